The average molecular weight is 258 g/mol. The molecule has 1 rings (SSSR count). The van der Waals surface area contributed by atoms with Crippen molar-refractivity contribution in [1.29, 1.82) is 0 Å². The number of halogens is 1. The van der Waals surface area contributed by atoms with E-state index in [1.807, 2.05) is 0 Å². The molecule has 0 spiro atoms. The first kappa shape index (κ1) is 13.1. The second kappa shape index (κ2) is 5.95. The molecule has 0 fully saturated rings. The molecule has 0 saturated heterocycles. The summed E-state index contributed by atoms with van der Waals surface area (Å²) in [7, 11) is 0. The maximum absolute atomic E-state index is 11.6. The van der Waals surface area contributed by atoms with E-state index in [1.165, 1.54) is 18.2 Å². The highest BCUT2D eigenvalue weighted by Crippen LogP contribution is 2.21. The smallest absolute Gasteiger partial charge is 0.255 e. The predicted octanol–water partition coefficient (Wildman–Crippen LogP) is 0.912. The van der Waals surface area contributed by atoms with Crippen LogP contribution in [0.5, 0.6) is 5.75 Å². The fourth-order valence-electron chi connectivity index (χ4n) is 1.14. The molecule has 1 aromatic rings. The van der Waals surface area contributed by atoms with Crippen molar-refractivity contribution in [3.63, 3.8) is 0 Å². The van der Waals surface area contributed by atoms with Crippen molar-refractivity contribution in [3.8, 4) is 5.75 Å². The Morgan fingerprint density at radius 3 is 2.88 bits per heavy atom. The van der Waals surface area contributed by atoms with Gasteiger partial charge in [-0.1, -0.05) is 16.8 Å². The third-order valence-electron chi connectivity index (χ3n) is 2.00. The Morgan fingerprint density at radius 2 is 2.24 bits per heavy atom. The molecular formula is C10H12ClN3O3. The van der Waals surface area contributed by atoms with E-state index >= 15 is 0 Å². The molecule has 0 aliphatic heterocycles. The van der Waals surface area contributed by atoms with Crippen LogP contribution in [0.1, 0.15) is 16.8 Å². The van der Waals surface area contributed by atoms with Crippen LogP contribution in [0.2, 0.25) is 5.02 Å². The maximum Gasteiger partial charge on any atom is 0.255 e. The van der Waals surface area contributed by atoms with Crippen molar-refractivity contribution in [2.24, 2.45) is 10.9 Å². The van der Waals surface area contributed by atoms with Gasteiger partial charge in [0.05, 0.1) is 5.56 Å². The number of carbonyl (C=O) groups is 1. The second-order valence-electron chi connectivity index (χ2n) is 3.26. The zero-order valence-electron chi connectivity index (χ0n) is 8.85. The van der Waals surface area contributed by atoms with Gasteiger partial charge >= 0.3 is 0 Å². The average Bonchev–Trinajstić information content (AvgIpc) is 2.31. The lowest BCUT2D eigenvalue weighted by Gasteiger charge is -2.06. The normalized spacial score (nSPS) is 11.2. The number of hydrogen-bond acceptors (Lipinski definition) is 4. The largest absolute Gasteiger partial charge is 0.507 e. The Morgan fingerprint density at radius 1 is 1.53 bits per heavy atom. The van der Waals surface area contributed by atoms with Gasteiger partial charge in [0.15, 0.2) is 0 Å². The van der Waals surface area contributed by atoms with Crippen molar-refractivity contribution >= 4 is 23.3 Å². The quantitative estimate of drug-likeness (QED) is 0.278. The van der Waals surface area contributed by atoms with Crippen molar-refractivity contribution in [3.05, 3.63) is 28.8 Å². The molecule has 6 nitrogen and oxygen atoms in total. The molecule has 0 aromatic heterocycles. The number of rotatable bonds is 4. The number of nitrogens with two attached hydrogens (primary N) is 1. The lowest BCUT2D eigenvalue weighted by molar-refractivity contribution is 0.0952. The highest BCUT2D eigenvalue weighted by molar-refractivity contribution is 6.31. The van der Waals surface area contributed by atoms with Crippen LogP contribution in [0.15, 0.2) is 23.4 Å². The first-order valence-electron chi connectivity index (χ1n) is 4.77. The molecule has 1 aromatic carbocycles. The van der Waals surface area contributed by atoms with Gasteiger partial charge in [-0.3, -0.25) is 4.79 Å². The van der Waals surface area contributed by atoms with Gasteiger partial charge in [0.2, 0.25) is 0 Å². The van der Waals surface area contributed by atoms with Crippen molar-refractivity contribution < 1.29 is 15.1 Å². The van der Waals surface area contributed by atoms with Crippen molar-refractivity contribution in [2.45, 2.75) is 6.42 Å². The number of nitrogens with one attached hydrogen (secondary N) is 1. The lowest BCUT2D eigenvalue weighted by atomic mass is 10.2. The number of phenols is 1. The van der Waals surface area contributed by atoms with E-state index in [-0.39, 0.29) is 30.1 Å². The summed E-state index contributed by atoms with van der Waals surface area (Å²) in [5, 5.41) is 23.4. The van der Waals surface area contributed by atoms with Crippen LogP contribution < -0.4 is 11.1 Å². The van der Waals surface area contributed by atoms with Crippen molar-refractivity contribution in [2.75, 3.05) is 6.54 Å². The molecular weight excluding hydrogens is 246 g/mol. The minimum absolute atomic E-state index is 0.0145. The van der Waals surface area contributed by atoms with Crippen LogP contribution >= 0.6 is 11.6 Å². The number of amidine groups is 1. The van der Waals surface area contributed by atoms with E-state index in [0.717, 1.165) is 0 Å². The van der Waals surface area contributed by atoms with Gasteiger partial charge in [0, 0.05) is 18.0 Å². The van der Waals surface area contributed by atoms with Gasteiger partial charge < -0.3 is 21.4 Å². The van der Waals surface area contributed by atoms with Crippen molar-refractivity contribution in [1.82, 2.24) is 5.32 Å². The van der Waals surface area contributed by atoms with E-state index in [9.17, 15) is 9.90 Å². The Labute approximate surface area is 103 Å². The van der Waals surface area contributed by atoms with E-state index in [4.69, 9.17) is 22.5 Å². The number of nitrogens with zero attached hydrogens (tertiary/aromatic N) is 1. The summed E-state index contributed by atoms with van der Waals surface area (Å²) in [4.78, 5) is 11.6. The van der Waals surface area contributed by atoms with Gasteiger partial charge in [-0.25, -0.2) is 0 Å². The molecule has 0 radical (unpaired) electrons. The summed E-state index contributed by atoms with van der Waals surface area (Å²) in [6.07, 6.45) is 0.212. The number of amides is 1. The van der Waals surface area contributed by atoms with Gasteiger partial charge in [-0.2, -0.15) is 0 Å². The van der Waals surface area contributed by atoms with Crippen LogP contribution in [-0.4, -0.2) is 28.6 Å². The Bertz CT molecular complexity index is 448. The highest BCUT2D eigenvalue weighted by Gasteiger charge is 2.11. The molecule has 1 amide bonds. The number of oxime groups is 1. The Balaban J connectivity index is 2.61. The first-order valence-corrected chi connectivity index (χ1v) is 5.15. The number of aromatic hydroxyl groups is 1. The first-order chi connectivity index (χ1) is 8.04. The van der Waals surface area contributed by atoms with Crippen LogP contribution in [0.25, 0.3) is 0 Å². The zero-order valence-corrected chi connectivity index (χ0v) is 9.61. The molecule has 0 bridgehead atoms. The highest BCUT2D eigenvalue weighted by atomic mass is 35.5. The third-order valence-corrected chi connectivity index (χ3v) is 2.23. The summed E-state index contributed by atoms with van der Waals surface area (Å²) in [6.45, 7) is 0.195. The van der Waals surface area contributed by atoms with Crippen LogP contribution in [0.3, 0.4) is 0 Å². The van der Waals surface area contributed by atoms with Gasteiger partial charge in [-0.05, 0) is 18.2 Å². The molecule has 0 saturated carbocycles. The van der Waals surface area contributed by atoms with E-state index < -0.39 is 5.91 Å². The summed E-state index contributed by atoms with van der Waals surface area (Å²) >= 11 is 5.70. The molecule has 17 heavy (non-hydrogen) atoms. The molecule has 0 atom stereocenters. The molecule has 92 valence electrons. The van der Waals surface area contributed by atoms with Crippen LogP contribution in [0, 0.1) is 0 Å². The maximum atomic E-state index is 11.6. The molecule has 0 aliphatic carbocycles. The molecule has 7 heteroatoms. The Kier molecular flexibility index (Phi) is 4.59. The van der Waals surface area contributed by atoms with Gasteiger partial charge in [0.25, 0.3) is 5.91 Å². The number of hydrogen-bond donors (Lipinski definition) is 4. The standard InChI is InChI=1S/C10H12ClN3O3/c11-6-1-2-8(15)7(5-6)10(16)13-4-3-9(12)14-17/h1-2,5,15,17H,3-4H2,(H2,12,14)(H,13,16). The number of carbonyl (C=O) groups excluding carboxylic acids is 1. The summed E-state index contributed by atoms with van der Waals surface area (Å²) in [5.41, 5.74) is 5.31. The molecule has 5 N–H and O–H groups in total. The minimum Gasteiger partial charge on any atom is -0.507 e. The number of benzene rings is 1. The predicted molar refractivity (Wildman–Crippen MR) is 63.5 cm³/mol. The van der Waals surface area contributed by atoms with Gasteiger partial charge in [-0.15, -0.1) is 0 Å². The van der Waals surface area contributed by atoms with E-state index in [1.54, 1.807) is 0 Å². The SMILES string of the molecule is NC(CCNC(=O)c1cc(Cl)ccc1O)=NO. The zero-order chi connectivity index (χ0) is 12.8. The molecule has 0 heterocycles. The molecule has 0 unspecified atom stereocenters. The summed E-state index contributed by atoms with van der Waals surface area (Å²) in [5.74, 6) is -0.618. The third kappa shape index (κ3) is 3.84. The summed E-state index contributed by atoms with van der Waals surface area (Å²) < 4.78 is 0. The second-order valence-corrected chi connectivity index (χ2v) is 3.70. The Hall–Kier alpha value is -1.95. The molecule has 0 aliphatic rings. The van der Waals surface area contributed by atoms with E-state index in [0.29, 0.717) is 5.02 Å². The lowest BCUT2D eigenvalue weighted by Crippen LogP contribution is -2.28. The van der Waals surface area contributed by atoms with E-state index in [2.05, 4.69) is 10.5 Å². The topological polar surface area (TPSA) is 108 Å². The van der Waals surface area contributed by atoms with Gasteiger partial charge in [0.1, 0.15) is 11.6 Å². The fraction of sp³-hybridized carbons (Fsp3) is 0.200. The fourth-order valence-corrected chi connectivity index (χ4v) is 1.31. The monoisotopic (exact) mass is 257 g/mol. The van der Waals surface area contributed by atoms with Crippen LogP contribution in [0.4, 0.5) is 0 Å². The van der Waals surface area contributed by atoms with Crippen LogP contribution in [-0.2, 0) is 0 Å². The minimum atomic E-state index is -0.476. The summed E-state index contributed by atoms with van der Waals surface area (Å²) in [6, 6.07) is 4.17. The number of phenolic OH excluding ortho intramolecular Hbond substituents is 1.